The molecule has 1 heterocycles. The van der Waals surface area contributed by atoms with Gasteiger partial charge in [0, 0.05) is 18.5 Å². The third kappa shape index (κ3) is 1.67. The van der Waals surface area contributed by atoms with Crippen LogP contribution in [0, 0.1) is 11.3 Å². The first kappa shape index (κ1) is 9.28. The molecule has 0 bridgehead atoms. The number of rotatable bonds is 2. The second-order valence-corrected chi connectivity index (χ2v) is 2.96. The minimum Gasteiger partial charge on any atom is -0.497 e. The highest BCUT2D eigenvalue weighted by Crippen LogP contribution is 2.19. The molecule has 0 aliphatic rings. The van der Waals surface area contributed by atoms with Gasteiger partial charge in [0.2, 0.25) is 0 Å². The smallest absolute Gasteiger partial charge is 0.120 e. The van der Waals surface area contributed by atoms with Gasteiger partial charge in [0.1, 0.15) is 11.8 Å². The van der Waals surface area contributed by atoms with Crippen LogP contribution in [0.4, 0.5) is 0 Å². The number of methoxy groups -OCH3 is 1. The Morgan fingerprint density at radius 1 is 1.47 bits per heavy atom. The van der Waals surface area contributed by atoms with Crippen molar-refractivity contribution in [1.29, 1.82) is 5.26 Å². The predicted molar refractivity (Wildman–Crippen MR) is 54.8 cm³/mol. The zero-order valence-electron chi connectivity index (χ0n) is 8.21. The van der Waals surface area contributed by atoms with E-state index in [2.05, 4.69) is 11.1 Å². The monoisotopic (exact) mass is 199 g/mol. The molecule has 1 aromatic carbocycles. The van der Waals surface area contributed by atoms with Crippen molar-refractivity contribution in [1.82, 2.24) is 9.55 Å². The molecule has 0 saturated heterocycles. The van der Waals surface area contributed by atoms with Gasteiger partial charge in [-0.15, -0.1) is 0 Å². The lowest BCUT2D eigenvalue weighted by molar-refractivity contribution is 0.414. The van der Waals surface area contributed by atoms with Crippen molar-refractivity contribution in [3.8, 4) is 17.5 Å². The van der Waals surface area contributed by atoms with Crippen molar-refractivity contribution in [2.75, 3.05) is 7.11 Å². The summed E-state index contributed by atoms with van der Waals surface area (Å²) in [6.07, 6.45) is 5.12. The molecular formula is C11H9N3O. The van der Waals surface area contributed by atoms with Gasteiger partial charge in [-0.1, -0.05) is 0 Å². The Morgan fingerprint density at radius 2 is 2.33 bits per heavy atom. The van der Waals surface area contributed by atoms with E-state index in [1.165, 1.54) is 0 Å². The average Bonchev–Trinajstić information content (AvgIpc) is 2.81. The molecular weight excluding hydrogens is 190 g/mol. The quantitative estimate of drug-likeness (QED) is 0.740. The summed E-state index contributed by atoms with van der Waals surface area (Å²) in [7, 11) is 1.58. The van der Waals surface area contributed by atoms with Gasteiger partial charge in [0.25, 0.3) is 0 Å². The molecule has 2 aromatic rings. The van der Waals surface area contributed by atoms with Crippen LogP contribution in [-0.4, -0.2) is 16.7 Å². The van der Waals surface area contributed by atoms with E-state index in [4.69, 9.17) is 10.00 Å². The number of benzene rings is 1. The van der Waals surface area contributed by atoms with Crippen LogP contribution in [-0.2, 0) is 0 Å². The number of nitrogens with zero attached hydrogens (tertiary/aromatic N) is 3. The zero-order chi connectivity index (χ0) is 10.7. The highest BCUT2D eigenvalue weighted by atomic mass is 16.5. The van der Waals surface area contributed by atoms with Gasteiger partial charge in [-0.25, -0.2) is 4.98 Å². The summed E-state index contributed by atoms with van der Waals surface area (Å²) in [5, 5.41) is 9.00. The van der Waals surface area contributed by atoms with Crippen molar-refractivity contribution in [3.63, 3.8) is 0 Å². The van der Waals surface area contributed by atoms with Crippen LogP contribution in [0.25, 0.3) is 5.69 Å². The van der Waals surface area contributed by atoms with Crippen LogP contribution in [0.1, 0.15) is 5.56 Å². The Labute approximate surface area is 87.4 Å². The number of nitriles is 1. The summed E-state index contributed by atoms with van der Waals surface area (Å²) in [6, 6.07) is 7.48. The highest BCUT2D eigenvalue weighted by Gasteiger charge is 2.04. The van der Waals surface area contributed by atoms with Crippen molar-refractivity contribution < 1.29 is 4.74 Å². The van der Waals surface area contributed by atoms with E-state index in [1.54, 1.807) is 36.5 Å². The van der Waals surface area contributed by atoms with Gasteiger partial charge >= 0.3 is 0 Å². The van der Waals surface area contributed by atoms with Gasteiger partial charge in [-0.2, -0.15) is 5.26 Å². The average molecular weight is 199 g/mol. The maximum Gasteiger partial charge on any atom is 0.120 e. The molecule has 4 nitrogen and oxygen atoms in total. The molecule has 0 unspecified atom stereocenters. The third-order valence-corrected chi connectivity index (χ3v) is 2.11. The fraction of sp³-hybridized carbons (Fsp3) is 0.0909. The molecule has 15 heavy (non-hydrogen) atoms. The molecule has 74 valence electrons. The fourth-order valence-corrected chi connectivity index (χ4v) is 1.36. The lowest BCUT2D eigenvalue weighted by Crippen LogP contribution is -1.95. The van der Waals surface area contributed by atoms with E-state index in [0.717, 1.165) is 5.69 Å². The van der Waals surface area contributed by atoms with E-state index in [9.17, 15) is 0 Å². The summed E-state index contributed by atoms with van der Waals surface area (Å²) >= 11 is 0. The zero-order valence-corrected chi connectivity index (χ0v) is 8.21. The summed E-state index contributed by atoms with van der Waals surface area (Å²) in [5.74, 6) is 0.676. The Hall–Kier alpha value is -2.28. The molecule has 1 aromatic heterocycles. The van der Waals surface area contributed by atoms with Crippen molar-refractivity contribution in [2.24, 2.45) is 0 Å². The summed E-state index contributed by atoms with van der Waals surface area (Å²) in [6.45, 7) is 0. The molecule has 0 N–H and O–H groups in total. The normalized spacial score (nSPS) is 9.60. The SMILES string of the molecule is COc1ccc(-n2ccnc2)c(C#N)c1. The third-order valence-electron chi connectivity index (χ3n) is 2.11. The van der Waals surface area contributed by atoms with Crippen LogP contribution in [0.2, 0.25) is 0 Å². The van der Waals surface area contributed by atoms with E-state index < -0.39 is 0 Å². The lowest BCUT2D eigenvalue weighted by atomic mass is 10.2. The van der Waals surface area contributed by atoms with Gasteiger partial charge in [-0.05, 0) is 12.1 Å². The van der Waals surface area contributed by atoms with Crippen LogP contribution >= 0.6 is 0 Å². The number of hydrogen-bond donors (Lipinski definition) is 0. The molecule has 0 fully saturated rings. The van der Waals surface area contributed by atoms with Gasteiger partial charge in [0.05, 0.1) is 24.7 Å². The first-order valence-electron chi connectivity index (χ1n) is 4.41. The standard InChI is InChI=1S/C11H9N3O/c1-15-10-2-3-11(9(6-10)7-12)14-5-4-13-8-14/h2-6,8H,1H3. The molecule has 0 aliphatic carbocycles. The molecule has 0 amide bonds. The highest BCUT2D eigenvalue weighted by molar-refractivity contribution is 5.52. The Balaban J connectivity index is 2.54. The molecule has 0 atom stereocenters. The molecule has 0 saturated carbocycles. The first-order chi connectivity index (χ1) is 7.35. The summed E-state index contributed by atoms with van der Waals surface area (Å²) in [4.78, 5) is 3.94. The maximum atomic E-state index is 9.00. The number of imidazole rings is 1. The van der Waals surface area contributed by atoms with Crippen LogP contribution in [0.15, 0.2) is 36.9 Å². The predicted octanol–water partition coefficient (Wildman–Crippen LogP) is 1.75. The van der Waals surface area contributed by atoms with Crippen molar-refractivity contribution >= 4 is 0 Å². The summed E-state index contributed by atoms with van der Waals surface area (Å²) in [5.41, 5.74) is 1.36. The van der Waals surface area contributed by atoms with Gasteiger partial charge < -0.3 is 9.30 Å². The minimum absolute atomic E-state index is 0.562. The Morgan fingerprint density at radius 3 is 2.93 bits per heavy atom. The fourth-order valence-electron chi connectivity index (χ4n) is 1.36. The molecule has 2 rings (SSSR count). The van der Waals surface area contributed by atoms with E-state index in [-0.39, 0.29) is 0 Å². The topological polar surface area (TPSA) is 50.8 Å². The van der Waals surface area contributed by atoms with Crippen molar-refractivity contribution in [2.45, 2.75) is 0 Å². The second-order valence-electron chi connectivity index (χ2n) is 2.96. The molecule has 4 heteroatoms. The number of ether oxygens (including phenoxy) is 1. The summed E-state index contributed by atoms with van der Waals surface area (Å²) < 4.78 is 6.84. The van der Waals surface area contributed by atoms with Crippen LogP contribution in [0.5, 0.6) is 5.75 Å². The number of aromatic nitrogens is 2. The minimum atomic E-state index is 0.562. The van der Waals surface area contributed by atoms with E-state index in [0.29, 0.717) is 11.3 Å². The Bertz CT molecular complexity index is 497. The van der Waals surface area contributed by atoms with Crippen molar-refractivity contribution in [3.05, 3.63) is 42.5 Å². The van der Waals surface area contributed by atoms with Crippen LogP contribution in [0.3, 0.4) is 0 Å². The molecule has 0 radical (unpaired) electrons. The van der Waals surface area contributed by atoms with Gasteiger partial charge in [0.15, 0.2) is 0 Å². The maximum absolute atomic E-state index is 9.00. The first-order valence-corrected chi connectivity index (χ1v) is 4.41. The van der Waals surface area contributed by atoms with Gasteiger partial charge in [-0.3, -0.25) is 0 Å². The largest absolute Gasteiger partial charge is 0.497 e. The molecule has 0 spiro atoms. The number of hydrogen-bond acceptors (Lipinski definition) is 3. The van der Waals surface area contributed by atoms with E-state index in [1.807, 2.05) is 12.1 Å². The van der Waals surface area contributed by atoms with Crippen LogP contribution < -0.4 is 4.74 Å². The second kappa shape index (κ2) is 3.84. The van der Waals surface area contributed by atoms with E-state index >= 15 is 0 Å². The molecule has 0 aliphatic heterocycles. The Kier molecular flexibility index (Phi) is 2.38. The lowest BCUT2D eigenvalue weighted by Gasteiger charge is -2.06.